The molecular formula is C15H29NO3. The Kier molecular flexibility index (Phi) is 6.80. The Hall–Kier alpha value is -0.610. The van der Waals surface area contributed by atoms with E-state index in [4.69, 9.17) is 4.74 Å². The van der Waals surface area contributed by atoms with Crippen molar-refractivity contribution in [2.24, 2.45) is 5.92 Å². The predicted octanol–water partition coefficient (Wildman–Crippen LogP) is 2.25. The van der Waals surface area contributed by atoms with E-state index in [9.17, 15) is 9.90 Å². The van der Waals surface area contributed by atoms with Gasteiger partial charge in [-0.15, -0.1) is 0 Å². The molecule has 0 bridgehead atoms. The van der Waals surface area contributed by atoms with Crippen LogP contribution in [0.25, 0.3) is 0 Å². The van der Waals surface area contributed by atoms with Gasteiger partial charge in [-0.1, -0.05) is 26.7 Å². The van der Waals surface area contributed by atoms with Crippen LogP contribution in [0, 0.1) is 5.92 Å². The van der Waals surface area contributed by atoms with Gasteiger partial charge in [-0.25, -0.2) is 0 Å². The molecule has 1 atom stereocenters. The third-order valence-electron chi connectivity index (χ3n) is 4.21. The maximum atomic E-state index is 11.7. The first-order chi connectivity index (χ1) is 9.00. The third kappa shape index (κ3) is 5.49. The van der Waals surface area contributed by atoms with E-state index in [1.807, 2.05) is 0 Å². The van der Waals surface area contributed by atoms with Crippen molar-refractivity contribution in [3.05, 3.63) is 0 Å². The summed E-state index contributed by atoms with van der Waals surface area (Å²) in [5.41, 5.74) is -0.648. The fourth-order valence-electron chi connectivity index (χ4n) is 2.64. The zero-order valence-corrected chi connectivity index (χ0v) is 12.6. The minimum atomic E-state index is -0.648. The van der Waals surface area contributed by atoms with Crippen molar-refractivity contribution in [3.63, 3.8) is 0 Å². The Labute approximate surface area is 116 Å². The smallest absolute Gasteiger partial charge is 0.322 e. The number of hydrogen-bond donors (Lipinski definition) is 2. The maximum Gasteiger partial charge on any atom is 0.322 e. The van der Waals surface area contributed by atoms with Crippen molar-refractivity contribution >= 4 is 5.97 Å². The molecule has 0 radical (unpaired) electrons. The molecule has 2 N–H and O–H groups in total. The number of unbranched alkanes of at least 4 members (excludes halogenated alkanes) is 1. The summed E-state index contributed by atoms with van der Waals surface area (Å²) in [6.07, 6.45) is 6.59. The standard InChI is InChI=1S/C15H29NO3/c1-4-5-6-13(14(17)19-3)16-11-15(18)9-7-12(2)8-10-15/h12-13,16,18H,4-11H2,1-3H3. The lowest BCUT2D eigenvalue weighted by molar-refractivity contribution is -0.143. The summed E-state index contributed by atoms with van der Waals surface area (Å²) in [4.78, 5) is 11.7. The number of carbonyl (C=O) groups excluding carboxylic acids is 1. The van der Waals surface area contributed by atoms with E-state index in [0.717, 1.165) is 44.9 Å². The van der Waals surface area contributed by atoms with E-state index in [0.29, 0.717) is 12.5 Å². The molecule has 1 unspecified atom stereocenters. The molecule has 19 heavy (non-hydrogen) atoms. The molecule has 0 amide bonds. The van der Waals surface area contributed by atoms with Crippen molar-refractivity contribution in [2.75, 3.05) is 13.7 Å². The zero-order valence-electron chi connectivity index (χ0n) is 12.6. The molecular weight excluding hydrogens is 242 g/mol. The number of hydrogen-bond acceptors (Lipinski definition) is 4. The van der Waals surface area contributed by atoms with Crippen molar-refractivity contribution in [1.29, 1.82) is 0 Å². The first-order valence-electron chi connectivity index (χ1n) is 7.54. The Bertz CT molecular complexity index is 273. The van der Waals surface area contributed by atoms with Gasteiger partial charge in [0, 0.05) is 6.54 Å². The summed E-state index contributed by atoms with van der Waals surface area (Å²) >= 11 is 0. The maximum absolute atomic E-state index is 11.7. The lowest BCUT2D eigenvalue weighted by atomic mass is 9.79. The Morgan fingerprint density at radius 3 is 2.63 bits per heavy atom. The SMILES string of the molecule is CCCCC(NCC1(O)CCC(C)CC1)C(=O)OC. The van der Waals surface area contributed by atoms with Crippen LogP contribution in [0.15, 0.2) is 0 Å². The van der Waals surface area contributed by atoms with Crippen molar-refractivity contribution in [1.82, 2.24) is 5.32 Å². The molecule has 4 heteroatoms. The number of aliphatic hydroxyl groups is 1. The lowest BCUT2D eigenvalue weighted by Crippen LogP contribution is -2.49. The lowest BCUT2D eigenvalue weighted by Gasteiger charge is -2.36. The molecule has 0 spiro atoms. The molecule has 0 heterocycles. The second kappa shape index (κ2) is 7.85. The van der Waals surface area contributed by atoms with Gasteiger partial charge >= 0.3 is 5.97 Å². The van der Waals surface area contributed by atoms with Crippen LogP contribution in [0.4, 0.5) is 0 Å². The average Bonchev–Trinajstić information content (AvgIpc) is 2.42. The van der Waals surface area contributed by atoms with E-state index in [-0.39, 0.29) is 12.0 Å². The molecule has 0 aliphatic heterocycles. The number of esters is 1. The topological polar surface area (TPSA) is 58.6 Å². The van der Waals surface area contributed by atoms with Gasteiger partial charge in [-0.2, -0.15) is 0 Å². The fraction of sp³-hybridized carbons (Fsp3) is 0.933. The second-order valence-electron chi connectivity index (χ2n) is 6.01. The summed E-state index contributed by atoms with van der Waals surface area (Å²) in [7, 11) is 1.42. The van der Waals surface area contributed by atoms with Gasteiger partial charge in [-0.05, 0) is 38.0 Å². The van der Waals surface area contributed by atoms with Crippen molar-refractivity contribution in [2.45, 2.75) is 70.4 Å². The van der Waals surface area contributed by atoms with Crippen LogP contribution < -0.4 is 5.32 Å². The van der Waals surface area contributed by atoms with Crippen LogP contribution in [-0.4, -0.2) is 36.4 Å². The van der Waals surface area contributed by atoms with Gasteiger partial charge in [0.05, 0.1) is 12.7 Å². The summed E-state index contributed by atoms with van der Waals surface area (Å²) in [5.74, 6) is 0.484. The number of ether oxygens (including phenoxy) is 1. The average molecular weight is 271 g/mol. The van der Waals surface area contributed by atoms with Crippen LogP contribution in [0.1, 0.15) is 58.8 Å². The Morgan fingerprint density at radius 1 is 1.47 bits per heavy atom. The van der Waals surface area contributed by atoms with E-state index < -0.39 is 5.60 Å². The number of nitrogens with one attached hydrogen (secondary N) is 1. The second-order valence-corrected chi connectivity index (χ2v) is 6.01. The molecule has 1 saturated carbocycles. The van der Waals surface area contributed by atoms with Gasteiger partial charge in [0.25, 0.3) is 0 Å². The predicted molar refractivity (Wildman–Crippen MR) is 75.9 cm³/mol. The molecule has 0 saturated heterocycles. The van der Waals surface area contributed by atoms with E-state index >= 15 is 0 Å². The van der Waals surface area contributed by atoms with Crippen LogP contribution >= 0.6 is 0 Å². The molecule has 1 fully saturated rings. The van der Waals surface area contributed by atoms with Crippen molar-refractivity contribution in [3.8, 4) is 0 Å². The highest BCUT2D eigenvalue weighted by atomic mass is 16.5. The highest BCUT2D eigenvalue weighted by Crippen LogP contribution is 2.31. The van der Waals surface area contributed by atoms with E-state index in [1.54, 1.807) is 0 Å². The number of methoxy groups -OCH3 is 1. The Balaban J connectivity index is 2.43. The summed E-state index contributed by atoms with van der Waals surface area (Å²) in [6.45, 7) is 4.82. The van der Waals surface area contributed by atoms with Crippen molar-refractivity contribution < 1.29 is 14.6 Å². The highest BCUT2D eigenvalue weighted by Gasteiger charge is 2.33. The molecule has 0 aromatic heterocycles. The molecule has 0 aromatic rings. The minimum Gasteiger partial charge on any atom is -0.468 e. The molecule has 1 rings (SSSR count). The van der Waals surface area contributed by atoms with Gasteiger partial charge in [0.2, 0.25) is 0 Å². The van der Waals surface area contributed by atoms with Crippen LogP contribution in [0.3, 0.4) is 0 Å². The number of rotatable bonds is 7. The highest BCUT2D eigenvalue weighted by molar-refractivity contribution is 5.75. The van der Waals surface area contributed by atoms with Crippen LogP contribution in [0.2, 0.25) is 0 Å². The molecule has 112 valence electrons. The quantitative estimate of drug-likeness (QED) is 0.697. The number of carbonyl (C=O) groups is 1. The molecule has 0 aromatic carbocycles. The molecule has 4 nitrogen and oxygen atoms in total. The Morgan fingerprint density at radius 2 is 2.11 bits per heavy atom. The normalized spacial score (nSPS) is 28.9. The van der Waals surface area contributed by atoms with Crippen LogP contribution in [0.5, 0.6) is 0 Å². The van der Waals surface area contributed by atoms with Crippen LogP contribution in [-0.2, 0) is 9.53 Å². The van der Waals surface area contributed by atoms with Gasteiger partial charge in [0.1, 0.15) is 6.04 Å². The molecule has 1 aliphatic carbocycles. The zero-order chi connectivity index (χ0) is 14.3. The molecule has 1 aliphatic rings. The largest absolute Gasteiger partial charge is 0.468 e. The first kappa shape index (κ1) is 16.4. The van der Waals surface area contributed by atoms with Gasteiger partial charge in [-0.3, -0.25) is 4.79 Å². The minimum absolute atomic E-state index is 0.221. The first-order valence-corrected chi connectivity index (χ1v) is 7.54. The summed E-state index contributed by atoms with van der Waals surface area (Å²) < 4.78 is 4.82. The van der Waals surface area contributed by atoms with E-state index in [2.05, 4.69) is 19.2 Å². The summed E-state index contributed by atoms with van der Waals surface area (Å²) in [5, 5.41) is 13.7. The van der Waals surface area contributed by atoms with Gasteiger partial charge < -0.3 is 15.2 Å². The monoisotopic (exact) mass is 271 g/mol. The summed E-state index contributed by atoms with van der Waals surface area (Å²) in [6, 6.07) is -0.284. The van der Waals surface area contributed by atoms with Gasteiger partial charge in [0.15, 0.2) is 0 Å². The fourth-order valence-corrected chi connectivity index (χ4v) is 2.64. The van der Waals surface area contributed by atoms with E-state index in [1.165, 1.54) is 7.11 Å². The third-order valence-corrected chi connectivity index (χ3v) is 4.21.